The van der Waals surface area contributed by atoms with Gasteiger partial charge in [-0.05, 0) is 25.0 Å². The molecule has 0 aliphatic carbocycles. The number of aromatic hydroxyl groups is 1. The Hall–Kier alpha value is -1.51. The van der Waals surface area contributed by atoms with Crippen LogP contribution in [0.2, 0.25) is 0 Å². The van der Waals surface area contributed by atoms with E-state index in [-0.39, 0.29) is 11.3 Å². The number of unbranched alkanes of at least 4 members (excludes halogenated alkanes) is 5. The van der Waals surface area contributed by atoms with Crippen LogP contribution in [0.3, 0.4) is 0 Å². The van der Waals surface area contributed by atoms with E-state index in [1.54, 1.807) is 25.1 Å². The monoisotopic (exact) mass is 264 g/mol. The topological polar surface area (TPSA) is 46.5 Å². The van der Waals surface area contributed by atoms with Gasteiger partial charge in [0.05, 0.1) is 6.61 Å². The fraction of sp³-hybridized carbons (Fsp3) is 0.562. The van der Waals surface area contributed by atoms with Crippen molar-refractivity contribution in [2.24, 2.45) is 0 Å². The first-order valence-electron chi connectivity index (χ1n) is 7.12. The molecular formula is C16H24O3. The second-order valence-corrected chi connectivity index (χ2v) is 4.87. The van der Waals surface area contributed by atoms with Crippen LogP contribution in [-0.2, 0) is 4.74 Å². The van der Waals surface area contributed by atoms with Crippen molar-refractivity contribution in [1.82, 2.24) is 0 Å². The van der Waals surface area contributed by atoms with Crippen molar-refractivity contribution in [1.29, 1.82) is 0 Å². The average molecular weight is 264 g/mol. The maximum absolute atomic E-state index is 11.8. The van der Waals surface area contributed by atoms with E-state index < -0.39 is 5.97 Å². The number of carbonyl (C=O) groups is 1. The molecule has 1 aromatic rings. The maximum atomic E-state index is 11.8. The number of hydrogen-bond donors (Lipinski definition) is 1. The Morgan fingerprint density at radius 2 is 1.84 bits per heavy atom. The molecule has 1 aromatic carbocycles. The molecule has 0 unspecified atom stereocenters. The SMILES string of the molecule is CCCCCCCCOC(=O)c1cccc(C)c1O. The Labute approximate surface area is 115 Å². The summed E-state index contributed by atoms with van der Waals surface area (Å²) in [5, 5.41) is 9.77. The third-order valence-corrected chi connectivity index (χ3v) is 3.19. The predicted molar refractivity (Wildman–Crippen MR) is 76.5 cm³/mol. The molecule has 3 heteroatoms. The number of rotatable bonds is 8. The minimum atomic E-state index is -0.435. The summed E-state index contributed by atoms with van der Waals surface area (Å²) in [4.78, 5) is 11.8. The summed E-state index contributed by atoms with van der Waals surface area (Å²) in [6.07, 6.45) is 6.94. The number of carbonyl (C=O) groups excluding carboxylic acids is 1. The van der Waals surface area contributed by atoms with Gasteiger partial charge in [-0.15, -0.1) is 0 Å². The predicted octanol–water partition coefficient (Wildman–Crippen LogP) is 4.22. The summed E-state index contributed by atoms with van der Waals surface area (Å²) in [6, 6.07) is 5.10. The minimum absolute atomic E-state index is 0.0236. The lowest BCUT2D eigenvalue weighted by atomic mass is 10.1. The lowest BCUT2D eigenvalue weighted by molar-refractivity contribution is 0.0494. The molecule has 0 atom stereocenters. The first-order chi connectivity index (χ1) is 9.16. The van der Waals surface area contributed by atoms with Crippen LogP contribution < -0.4 is 0 Å². The van der Waals surface area contributed by atoms with Gasteiger partial charge in [-0.2, -0.15) is 0 Å². The van der Waals surface area contributed by atoms with Gasteiger partial charge in [-0.3, -0.25) is 0 Å². The summed E-state index contributed by atoms with van der Waals surface area (Å²) in [5.41, 5.74) is 0.944. The first kappa shape index (κ1) is 15.5. The fourth-order valence-corrected chi connectivity index (χ4v) is 1.95. The second-order valence-electron chi connectivity index (χ2n) is 4.87. The molecule has 1 N–H and O–H groups in total. The third-order valence-electron chi connectivity index (χ3n) is 3.19. The molecule has 0 heterocycles. The Kier molecular flexibility index (Phi) is 7.01. The Balaban J connectivity index is 2.26. The van der Waals surface area contributed by atoms with Crippen LogP contribution in [0.15, 0.2) is 18.2 Å². The molecule has 0 aliphatic heterocycles. The van der Waals surface area contributed by atoms with Gasteiger partial charge in [0.1, 0.15) is 11.3 Å². The van der Waals surface area contributed by atoms with Crippen LogP contribution in [-0.4, -0.2) is 17.7 Å². The van der Waals surface area contributed by atoms with Gasteiger partial charge in [0.2, 0.25) is 0 Å². The van der Waals surface area contributed by atoms with E-state index >= 15 is 0 Å². The van der Waals surface area contributed by atoms with Crippen LogP contribution in [0.1, 0.15) is 61.4 Å². The van der Waals surface area contributed by atoms with Gasteiger partial charge in [-0.1, -0.05) is 51.2 Å². The van der Waals surface area contributed by atoms with Crippen LogP contribution in [0, 0.1) is 6.92 Å². The van der Waals surface area contributed by atoms with E-state index in [0.29, 0.717) is 12.2 Å². The number of benzene rings is 1. The van der Waals surface area contributed by atoms with Crippen LogP contribution >= 0.6 is 0 Å². The molecular weight excluding hydrogens is 240 g/mol. The van der Waals surface area contributed by atoms with Crippen LogP contribution in [0.4, 0.5) is 0 Å². The lowest BCUT2D eigenvalue weighted by Crippen LogP contribution is -2.07. The van der Waals surface area contributed by atoms with Gasteiger partial charge in [0, 0.05) is 0 Å². The molecule has 1 rings (SSSR count). The Bertz CT molecular complexity index is 399. The van der Waals surface area contributed by atoms with Gasteiger partial charge < -0.3 is 9.84 Å². The molecule has 0 aliphatic rings. The number of hydrogen-bond acceptors (Lipinski definition) is 3. The molecule has 0 radical (unpaired) electrons. The molecule has 19 heavy (non-hydrogen) atoms. The van der Waals surface area contributed by atoms with Crippen molar-refractivity contribution in [3.63, 3.8) is 0 Å². The highest BCUT2D eigenvalue weighted by atomic mass is 16.5. The molecule has 0 aromatic heterocycles. The lowest BCUT2D eigenvalue weighted by Gasteiger charge is -2.07. The van der Waals surface area contributed by atoms with E-state index in [1.165, 1.54) is 25.7 Å². The molecule has 3 nitrogen and oxygen atoms in total. The molecule has 0 saturated heterocycles. The zero-order valence-corrected chi connectivity index (χ0v) is 11.9. The normalized spacial score (nSPS) is 10.4. The van der Waals surface area contributed by atoms with Gasteiger partial charge in [-0.25, -0.2) is 4.79 Å². The summed E-state index contributed by atoms with van der Waals surface area (Å²) in [7, 11) is 0. The standard InChI is InChI=1S/C16H24O3/c1-3-4-5-6-7-8-12-19-16(18)14-11-9-10-13(2)15(14)17/h9-11,17H,3-8,12H2,1-2H3. The zero-order chi connectivity index (χ0) is 14.1. The number of ether oxygens (including phenoxy) is 1. The molecule has 0 amide bonds. The Morgan fingerprint density at radius 3 is 2.58 bits per heavy atom. The van der Waals surface area contributed by atoms with Crippen LogP contribution in [0.5, 0.6) is 5.75 Å². The van der Waals surface area contributed by atoms with E-state index in [2.05, 4.69) is 6.92 Å². The molecule has 0 fully saturated rings. The van der Waals surface area contributed by atoms with Crippen molar-refractivity contribution < 1.29 is 14.6 Å². The number of phenolic OH excluding ortho intramolecular Hbond substituents is 1. The quantitative estimate of drug-likeness (QED) is 0.565. The zero-order valence-electron chi connectivity index (χ0n) is 11.9. The maximum Gasteiger partial charge on any atom is 0.341 e. The second kappa shape index (κ2) is 8.57. The number of aryl methyl sites for hydroxylation is 1. The fourth-order valence-electron chi connectivity index (χ4n) is 1.95. The summed E-state index contributed by atoms with van der Waals surface area (Å²) >= 11 is 0. The first-order valence-corrected chi connectivity index (χ1v) is 7.12. The van der Waals surface area contributed by atoms with E-state index in [9.17, 15) is 9.90 Å². The van der Waals surface area contributed by atoms with E-state index in [4.69, 9.17) is 4.74 Å². The van der Waals surface area contributed by atoms with Gasteiger partial charge >= 0.3 is 5.97 Å². The third kappa shape index (κ3) is 5.33. The molecule has 0 spiro atoms. The number of phenols is 1. The average Bonchev–Trinajstić information content (AvgIpc) is 2.40. The van der Waals surface area contributed by atoms with Crippen molar-refractivity contribution >= 4 is 5.97 Å². The number of esters is 1. The summed E-state index contributed by atoms with van der Waals surface area (Å²) < 4.78 is 5.17. The van der Waals surface area contributed by atoms with Crippen molar-refractivity contribution in [2.45, 2.75) is 52.4 Å². The minimum Gasteiger partial charge on any atom is -0.507 e. The van der Waals surface area contributed by atoms with Crippen molar-refractivity contribution in [3.8, 4) is 5.75 Å². The van der Waals surface area contributed by atoms with E-state index in [1.807, 2.05) is 0 Å². The van der Waals surface area contributed by atoms with Crippen molar-refractivity contribution in [2.75, 3.05) is 6.61 Å². The van der Waals surface area contributed by atoms with Gasteiger partial charge in [0.15, 0.2) is 0 Å². The van der Waals surface area contributed by atoms with E-state index in [0.717, 1.165) is 12.8 Å². The smallest absolute Gasteiger partial charge is 0.341 e. The van der Waals surface area contributed by atoms with Crippen molar-refractivity contribution in [3.05, 3.63) is 29.3 Å². The highest BCUT2D eigenvalue weighted by Crippen LogP contribution is 2.22. The highest BCUT2D eigenvalue weighted by Gasteiger charge is 2.13. The number of para-hydroxylation sites is 1. The molecule has 0 bridgehead atoms. The Morgan fingerprint density at radius 1 is 1.16 bits per heavy atom. The highest BCUT2D eigenvalue weighted by molar-refractivity contribution is 5.92. The summed E-state index contributed by atoms with van der Waals surface area (Å²) in [5.74, 6) is -0.412. The molecule has 106 valence electrons. The van der Waals surface area contributed by atoms with Gasteiger partial charge in [0.25, 0.3) is 0 Å². The summed E-state index contributed by atoms with van der Waals surface area (Å²) in [6.45, 7) is 4.38. The molecule has 0 saturated carbocycles. The largest absolute Gasteiger partial charge is 0.507 e. The van der Waals surface area contributed by atoms with Crippen LogP contribution in [0.25, 0.3) is 0 Å².